The summed E-state index contributed by atoms with van der Waals surface area (Å²) in [4.78, 5) is 0. The lowest BCUT2D eigenvalue weighted by Gasteiger charge is -2.22. The second kappa shape index (κ2) is 8.49. The molecule has 21 heavy (non-hydrogen) atoms. The van der Waals surface area contributed by atoms with Gasteiger partial charge in [-0.25, -0.2) is 0 Å². The molecular formula is C15H23N3O3. The van der Waals surface area contributed by atoms with Gasteiger partial charge in [-0.2, -0.15) is 0 Å². The van der Waals surface area contributed by atoms with E-state index in [0.29, 0.717) is 18.1 Å². The molecule has 0 saturated carbocycles. The summed E-state index contributed by atoms with van der Waals surface area (Å²) in [6.45, 7) is 4.16. The Hall–Kier alpha value is -1.79. The van der Waals surface area contributed by atoms with Gasteiger partial charge in [-0.15, -0.1) is 0 Å². The number of benzene rings is 1. The molecule has 0 aromatic heterocycles. The second-order valence-corrected chi connectivity index (χ2v) is 5.15. The van der Waals surface area contributed by atoms with Crippen molar-refractivity contribution in [2.24, 2.45) is 16.8 Å². The SMILES string of the molecule is NC(=NO)c1ccc(OCCNCC2CCCOC2)cc1. The highest BCUT2D eigenvalue weighted by molar-refractivity contribution is 5.97. The number of hydrogen-bond acceptors (Lipinski definition) is 5. The number of nitrogens with zero attached hydrogens (tertiary/aromatic N) is 1. The quantitative estimate of drug-likeness (QED) is 0.231. The van der Waals surface area contributed by atoms with Crippen LogP contribution in [0.5, 0.6) is 5.75 Å². The number of amidine groups is 1. The van der Waals surface area contributed by atoms with E-state index in [9.17, 15) is 0 Å². The fourth-order valence-electron chi connectivity index (χ4n) is 2.30. The molecule has 1 unspecified atom stereocenters. The summed E-state index contributed by atoms with van der Waals surface area (Å²) in [5.74, 6) is 1.49. The maximum Gasteiger partial charge on any atom is 0.170 e. The summed E-state index contributed by atoms with van der Waals surface area (Å²) in [5, 5.41) is 14.9. The third kappa shape index (κ3) is 5.24. The van der Waals surface area contributed by atoms with Crippen LogP contribution >= 0.6 is 0 Å². The third-order valence-electron chi connectivity index (χ3n) is 3.49. The van der Waals surface area contributed by atoms with E-state index in [1.165, 1.54) is 6.42 Å². The molecule has 1 aromatic rings. The van der Waals surface area contributed by atoms with Crippen LogP contribution in [0.1, 0.15) is 18.4 Å². The van der Waals surface area contributed by atoms with Crippen molar-refractivity contribution in [3.05, 3.63) is 29.8 Å². The van der Waals surface area contributed by atoms with Gasteiger partial charge in [0.05, 0.1) is 6.61 Å². The molecule has 1 aliphatic heterocycles. The molecule has 116 valence electrons. The van der Waals surface area contributed by atoms with Crippen molar-refractivity contribution in [1.82, 2.24) is 5.32 Å². The van der Waals surface area contributed by atoms with Gasteiger partial charge in [-0.3, -0.25) is 0 Å². The normalized spacial score (nSPS) is 19.4. The van der Waals surface area contributed by atoms with Gasteiger partial charge in [0, 0.05) is 25.3 Å². The standard InChI is InChI=1S/C15H23N3O3/c16-15(18-19)13-3-5-14(6-4-13)21-9-7-17-10-12-2-1-8-20-11-12/h3-6,12,17,19H,1-2,7-11H2,(H2,16,18). The van der Waals surface area contributed by atoms with E-state index in [1.807, 2.05) is 12.1 Å². The van der Waals surface area contributed by atoms with Crippen molar-refractivity contribution in [2.45, 2.75) is 12.8 Å². The topological polar surface area (TPSA) is 89.1 Å². The molecule has 0 radical (unpaired) electrons. The largest absolute Gasteiger partial charge is 0.492 e. The molecule has 6 nitrogen and oxygen atoms in total. The van der Waals surface area contributed by atoms with Crippen molar-refractivity contribution in [3.63, 3.8) is 0 Å². The summed E-state index contributed by atoms with van der Waals surface area (Å²) in [5.41, 5.74) is 6.16. The molecule has 1 fully saturated rings. The van der Waals surface area contributed by atoms with Crippen LogP contribution in [0, 0.1) is 5.92 Å². The van der Waals surface area contributed by atoms with Crippen molar-refractivity contribution in [2.75, 3.05) is 32.9 Å². The molecular weight excluding hydrogens is 270 g/mol. The van der Waals surface area contributed by atoms with Crippen LogP contribution in [0.4, 0.5) is 0 Å². The Balaban J connectivity index is 1.62. The number of ether oxygens (including phenoxy) is 2. The molecule has 1 aliphatic rings. The number of rotatable bonds is 7. The summed E-state index contributed by atoms with van der Waals surface area (Å²) in [6, 6.07) is 7.14. The van der Waals surface area contributed by atoms with Gasteiger partial charge in [-0.1, -0.05) is 5.16 Å². The minimum Gasteiger partial charge on any atom is -0.492 e. The zero-order valence-electron chi connectivity index (χ0n) is 12.1. The predicted molar refractivity (Wildman–Crippen MR) is 80.9 cm³/mol. The molecule has 0 amide bonds. The van der Waals surface area contributed by atoms with Gasteiger partial charge >= 0.3 is 0 Å². The molecule has 1 saturated heterocycles. The smallest absolute Gasteiger partial charge is 0.170 e. The van der Waals surface area contributed by atoms with Crippen molar-refractivity contribution in [3.8, 4) is 5.75 Å². The molecule has 0 bridgehead atoms. The highest BCUT2D eigenvalue weighted by atomic mass is 16.5. The first kappa shape index (κ1) is 15.6. The molecule has 1 atom stereocenters. The van der Waals surface area contributed by atoms with E-state index in [1.54, 1.807) is 12.1 Å². The molecule has 1 aromatic carbocycles. The summed E-state index contributed by atoms with van der Waals surface area (Å²) >= 11 is 0. The Morgan fingerprint density at radius 1 is 1.43 bits per heavy atom. The van der Waals surface area contributed by atoms with E-state index in [2.05, 4.69) is 10.5 Å². The minimum absolute atomic E-state index is 0.0953. The van der Waals surface area contributed by atoms with Gasteiger partial charge < -0.3 is 25.7 Å². The lowest BCUT2D eigenvalue weighted by molar-refractivity contribution is 0.0546. The number of hydrogen-bond donors (Lipinski definition) is 3. The van der Waals surface area contributed by atoms with E-state index >= 15 is 0 Å². The van der Waals surface area contributed by atoms with Crippen molar-refractivity contribution < 1.29 is 14.7 Å². The average molecular weight is 293 g/mol. The maximum atomic E-state index is 8.58. The molecule has 4 N–H and O–H groups in total. The van der Waals surface area contributed by atoms with Crippen molar-refractivity contribution >= 4 is 5.84 Å². The van der Waals surface area contributed by atoms with Gasteiger partial charge in [0.15, 0.2) is 5.84 Å². The molecule has 2 rings (SSSR count). The van der Waals surface area contributed by atoms with Crippen LogP contribution in [-0.4, -0.2) is 44.0 Å². The summed E-state index contributed by atoms with van der Waals surface area (Å²) in [7, 11) is 0. The van der Waals surface area contributed by atoms with Gasteiger partial charge in [0.2, 0.25) is 0 Å². The van der Waals surface area contributed by atoms with Crippen LogP contribution < -0.4 is 15.8 Å². The van der Waals surface area contributed by atoms with Crippen LogP contribution in [-0.2, 0) is 4.74 Å². The monoisotopic (exact) mass is 293 g/mol. The van der Waals surface area contributed by atoms with E-state index < -0.39 is 0 Å². The highest BCUT2D eigenvalue weighted by Gasteiger charge is 2.12. The van der Waals surface area contributed by atoms with Gasteiger partial charge in [0.25, 0.3) is 0 Å². The Kier molecular flexibility index (Phi) is 6.30. The fraction of sp³-hybridized carbons (Fsp3) is 0.533. The van der Waals surface area contributed by atoms with Crippen LogP contribution in [0.25, 0.3) is 0 Å². The van der Waals surface area contributed by atoms with Gasteiger partial charge in [-0.05, 0) is 43.0 Å². The number of nitrogens with two attached hydrogens (primary N) is 1. The molecule has 1 heterocycles. The van der Waals surface area contributed by atoms with E-state index in [0.717, 1.165) is 38.5 Å². The summed E-state index contributed by atoms with van der Waals surface area (Å²) in [6.07, 6.45) is 2.40. The zero-order valence-corrected chi connectivity index (χ0v) is 12.1. The first-order valence-electron chi connectivity index (χ1n) is 7.29. The molecule has 0 aliphatic carbocycles. The predicted octanol–water partition coefficient (Wildman–Crippen LogP) is 1.18. The van der Waals surface area contributed by atoms with E-state index in [4.69, 9.17) is 20.4 Å². The third-order valence-corrected chi connectivity index (χ3v) is 3.49. The summed E-state index contributed by atoms with van der Waals surface area (Å²) < 4.78 is 11.1. The first-order chi connectivity index (χ1) is 10.3. The average Bonchev–Trinajstić information content (AvgIpc) is 2.55. The van der Waals surface area contributed by atoms with Gasteiger partial charge in [0.1, 0.15) is 12.4 Å². The first-order valence-corrected chi connectivity index (χ1v) is 7.29. The maximum absolute atomic E-state index is 8.58. The number of nitrogens with one attached hydrogen (secondary N) is 1. The van der Waals surface area contributed by atoms with Crippen LogP contribution in [0.3, 0.4) is 0 Å². The van der Waals surface area contributed by atoms with Crippen molar-refractivity contribution in [1.29, 1.82) is 0 Å². The minimum atomic E-state index is 0.0953. The van der Waals surface area contributed by atoms with E-state index in [-0.39, 0.29) is 5.84 Å². The zero-order chi connectivity index (χ0) is 14.9. The lowest BCUT2D eigenvalue weighted by Crippen LogP contribution is -2.31. The Bertz CT molecular complexity index is 442. The Morgan fingerprint density at radius 2 is 2.24 bits per heavy atom. The second-order valence-electron chi connectivity index (χ2n) is 5.15. The molecule has 6 heteroatoms. The fourth-order valence-corrected chi connectivity index (χ4v) is 2.30. The molecule has 0 spiro atoms. The Labute approximate surface area is 124 Å². The lowest BCUT2D eigenvalue weighted by atomic mass is 10.0. The Morgan fingerprint density at radius 3 is 2.90 bits per heavy atom. The van der Waals surface area contributed by atoms with Crippen LogP contribution in [0.2, 0.25) is 0 Å². The highest BCUT2D eigenvalue weighted by Crippen LogP contribution is 2.13. The van der Waals surface area contributed by atoms with Crippen LogP contribution in [0.15, 0.2) is 29.4 Å². The number of oxime groups is 1.